The lowest BCUT2D eigenvalue weighted by molar-refractivity contribution is 0.220. The van der Waals surface area contributed by atoms with Gasteiger partial charge in [-0.25, -0.2) is 0 Å². The molecule has 4 nitrogen and oxygen atoms in total. The fourth-order valence-corrected chi connectivity index (χ4v) is 3.07. The number of para-hydroxylation sites is 1. The molecule has 0 aromatic heterocycles. The van der Waals surface area contributed by atoms with E-state index in [0.717, 1.165) is 14.9 Å². The van der Waals surface area contributed by atoms with Crippen LogP contribution in [0.15, 0.2) is 53.4 Å². The molecule has 0 N–H and O–H groups in total. The molecule has 0 atom stereocenters. The summed E-state index contributed by atoms with van der Waals surface area (Å²) in [4.78, 5) is 0.155. The zero-order valence-electron chi connectivity index (χ0n) is 11.5. The van der Waals surface area contributed by atoms with Crippen LogP contribution in [0.2, 0.25) is 0 Å². The third-order valence-electron chi connectivity index (χ3n) is 2.73. The van der Waals surface area contributed by atoms with Crippen molar-refractivity contribution in [3.05, 3.63) is 57.7 Å². The van der Waals surface area contributed by atoms with Crippen molar-refractivity contribution in [1.82, 2.24) is 0 Å². The summed E-state index contributed by atoms with van der Waals surface area (Å²) in [5, 5.41) is 0. The normalized spacial score (nSPS) is 11.3. The zero-order chi connectivity index (χ0) is 15.3. The zero-order valence-corrected chi connectivity index (χ0v) is 14.4. The number of aryl methyl sites for hydroxylation is 1. The van der Waals surface area contributed by atoms with E-state index in [1.165, 1.54) is 12.1 Å². The highest BCUT2D eigenvalue weighted by atomic mass is 127. The van der Waals surface area contributed by atoms with Crippen molar-refractivity contribution in [2.24, 2.45) is 0 Å². The van der Waals surface area contributed by atoms with Crippen molar-refractivity contribution in [2.75, 3.05) is 13.2 Å². The summed E-state index contributed by atoms with van der Waals surface area (Å²) in [5.74, 6) is 0.717. The smallest absolute Gasteiger partial charge is 0.297 e. The Balaban J connectivity index is 1.88. The Labute approximate surface area is 138 Å². The summed E-state index contributed by atoms with van der Waals surface area (Å²) in [6.07, 6.45) is 0. The van der Waals surface area contributed by atoms with Gasteiger partial charge in [-0.2, -0.15) is 8.42 Å². The van der Waals surface area contributed by atoms with Crippen LogP contribution in [0.25, 0.3) is 0 Å². The van der Waals surface area contributed by atoms with E-state index >= 15 is 0 Å². The number of ether oxygens (including phenoxy) is 1. The van der Waals surface area contributed by atoms with Crippen LogP contribution in [-0.2, 0) is 14.3 Å². The SMILES string of the molecule is Cc1ccc(S(=O)(=O)OCCOc2ccccc2I)cc1. The molecule has 21 heavy (non-hydrogen) atoms. The second-order valence-corrected chi connectivity index (χ2v) is 7.15. The Morgan fingerprint density at radius 2 is 1.67 bits per heavy atom. The van der Waals surface area contributed by atoms with Gasteiger partial charge in [-0.05, 0) is 53.8 Å². The molecule has 0 heterocycles. The molecule has 2 aromatic rings. The molecule has 112 valence electrons. The molecule has 2 rings (SSSR count). The van der Waals surface area contributed by atoms with Gasteiger partial charge in [0.05, 0.1) is 8.47 Å². The molecule has 0 spiro atoms. The van der Waals surface area contributed by atoms with Gasteiger partial charge in [0.1, 0.15) is 19.0 Å². The van der Waals surface area contributed by atoms with E-state index in [1.807, 2.05) is 31.2 Å². The molecule has 0 saturated carbocycles. The minimum atomic E-state index is -3.72. The van der Waals surface area contributed by atoms with Gasteiger partial charge in [0.15, 0.2) is 0 Å². The molecular weight excluding hydrogens is 403 g/mol. The van der Waals surface area contributed by atoms with Crippen molar-refractivity contribution in [1.29, 1.82) is 0 Å². The van der Waals surface area contributed by atoms with Crippen LogP contribution in [0.4, 0.5) is 0 Å². The fourth-order valence-electron chi connectivity index (χ4n) is 1.63. The molecule has 0 aliphatic carbocycles. The molecule has 6 heteroatoms. The molecular formula is C15H15IO4S. The minimum absolute atomic E-state index is 0.0266. The molecule has 0 aliphatic heterocycles. The van der Waals surface area contributed by atoms with Crippen molar-refractivity contribution < 1.29 is 17.3 Å². The molecule has 0 aliphatic rings. The first-order chi connectivity index (χ1) is 9.99. The summed E-state index contributed by atoms with van der Waals surface area (Å²) in [7, 11) is -3.72. The largest absolute Gasteiger partial charge is 0.490 e. The molecule has 0 bridgehead atoms. The average Bonchev–Trinajstić information content (AvgIpc) is 2.46. The monoisotopic (exact) mass is 418 g/mol. The van der Waals surface area contributed by atoms with Crippen LogP contribution in [0.1, 0.15) is 5.56 Å². The Kier molecular flexibility index (Phi) is 5.60. The van der Waals surface area contributed by atoms with E-state index in [1.54, 1.807) is 12.1 Å². The summed E-state index contributed by atoms with van der Waals surface area (Å²) >= 11 is 2.16. The third kappa shape index (κ3) is 4.69. The second kappa shape index (κ2) is 7.24. The van der Waals surface area contributed by atoms with Crippen LogP contribution >= 0.6 is 22.6 Å². The van der Waals surface area contributed by atoms with E-state index in [-0.39, 0.29) is 18.1 Å². The highest BCUT2D eigenvalue weighted by Gasteiger charge is 2.14. The maximum Gasteiger partial charge on any atom is 0.297 e. The number of hydrogen-bond donors (Lipinski definition) is 0. The third-order valence-corrected chi connectivity index (χ3v) is 4.94. The van der Waals surface area contributed by atoms with Gasteiger partial charge < -0.3 is 4.74 Å². The number of rotatable bonds is 6. The highest BCUT2D eigenvalue weighted by molar-refractivity contribution is 14.1. The standard InChI is InChI=1S/C15H15IO4S/c1-12-6-8-13(9-7-12)21(17,18)20-11-10-19-15-5-3-2-4-14(15)16/h2-9H,10-11H2,1H3. The van der Waals surface area contributed by atoms with Gasteiger partial charge >= 0.3 is 0 Å². The van der Waals surface area contributed by atoms with Crippen molar-refractivity contribution in [3.63, 3.8) is 0 Å². The number of benzene rings is 2. The molecule has 0 unspecified atom stereocenters. The Hall–Kier alpha value is -1.12. The van der Waals surface area contributed by atoms with E-state index in [9.17, 15) is 8.42 Å². The molecule has 0 radical (unpaired) electrons. The van der Waals surface area contributed by atoms with Gasteiger partial charge in [-0.3, -0.25) is 4.18 Å². The van der Waals surface area contributed by atoms with Gasteiger partial charge in [-0.1, -0.05) is 29.8 Å². The Bertz CT molecular complexity index is 696. The highest BCUT2D eigenvalue weighted by Crippen LogP contribution is 2.19. The lowest BCUT2D eigenvalue weighted by Gasteiger charge is -2.09. The van der Waals surface area contributed by atoms with Gasteiger partial charge in [0.25, 0.3) is 10.1 Å². The summed E-state index contributed by atoms with van der Waals surface area (Å²) in [6.45, 7) is 2.04. The molecule has 0 fully saturated rings. The molecule has 0 amide bonds. The maximum absolute atomic E-state index is 11.9. The number of halogens is 1. The molecule has 2 aromatic carbocycles. The number of hydrogen-bond acceptors (Lipinski definition) is 4. The lowest BCUT2D eigenvalue weighted by Crippen LogP contribution is -2.13. The van der Waals surface area contributed by atoms with E-state index in [4.69, 9.17) is 8.92 Å². The van der Waals surface area contributed by atoms with Crippen LogP contribution < -0.4 is 4.74 Å². The van der Waals surface area contributed by atoms with Crippen molar-refractivity contribution in [3.8, 4) is 5.75 Å². The maximum atomic E-state index is 11.9. The van der Waals surface area contributed by atoms with E-state index in [2.05, 4.69) is 22.6 Å². The van der Waals surface area contributed by atoms with Gasteiger partial charge in [0.2, 0.25) is 0 Å². The Morgan fingerprint density at radius 1 is 1.00 bits per heavy atom. The fraction of sp³-hybridized carbons (Fsp3) is 0.200. The van der Waals surface area contributed by atoms with Crippen molar-refractivity contribution in [2.45, 2.75) is 11.8 Å². The summed E-state index contributed by atoms with van der Waals surface area (Å²) < 4.78 is 35.3. The van der Waals surface area contributed by atoms with Crippen molar-refractivity contribution >= 4 is 32.7 Å². The Morgan fingerprint density at radius 3 is 2.33 bits per heavy atom. The van der Waals surface area contributed by atoms with E-state index in [0.29, 0.717) is 0 Å². The molecule has 0 saturated heterocycles. The lowest BCUT2D eigenvalue weighted by atomic mass is 10.2. The van der Waals surface area contributed by atoms with Crippen LogP contribution in [-0.4, -0.2) is 21.6 Å². The first-order valence-corrected chi connectivity index (χ1v) is 8.81. The average molecular weight is 418 g/mol. The topological polar surface area (TPSA) is 52.6 Å². The summed E-state index contributed by atoms with van der Waals surface area (Å²) in [5.41, 5.74) is 0.996. The van der Waals surface area contributed by atoms with Crippen LogP contribution in [0, 0.1) is 10.5 Å². The summed E-state index contributed by atoms with van der Waals surface area (Å²) in [6, 6.07) is 14.1. The quantitative estimate of drug-likeness (QED) is 0.410. The van der Waals surface area contributed by atoms with Crippen LogP contribution in [0.5, 0.6) is 5.75 Å². The van der Waals surface area contributed by atoms with E-state index < -0.39 is 10.1 Å². The second-order valence-electron chi connectivity index (χ2n) is 4.37. The van der Waals surface area contributed by atoms with Gasteiger partial charge in [0, 0.05) is 0 Å². The first-order valence-electron chi connectivity index (χ1n) is 6.32. The first kappa shape index (κ1) is 16.3. The van der Waals surface area contributed by atoms with Gasteiger partial charge in [-0.15, -0.1) is 0 Å². The van der Waals surface area contributed by atoms with Crippen LogP contribution in [0.3, 0.4) is 0 Å². The minimum Gasteiger partial charge on any atom is -0.490 e. The predicted molar refractivity (Wildman–Crippen MR) is 89.0 cm³/mol. The predicted octanol–water partition coefficient (Wildman–Crippen LogP) is 3.38.